The maximum atomic E-state index is 12.9. The van der Waals surface area contributed by atoms with Gasteiger partial charge in [0.05, 0.1) is 11.5 Å². The molecule has 170 valence electrons. The lowest BCUT2D eigenvalue weighted by Gasteiger charge is -2.66. The van der Waals surface area contributed by atoms with E-state index in [-0.39, 0.29) is 11.5 Å². The topological polar surface area (TPSA) is 35.5 Å². The number of ether oxygens (including phenoxy) is 1. The molecule has 29 heavy (non-hydrogen) atoms. The summed E-state index contributed by atoms with van der Waals surface area (Å²) in [6, 6.07) is 0. The Labute approximate surface area is 168 Å². The van der Waals surface area contributed by atoms with Gasteiger partial charge in [-0.3, -0.25) is 4.79 Å². The third-order valence-electron chi connectivity index (χ3n) is 7.12. The zero-order valence-electron chi connectivity index (χ0n) is 17.7. The summed E-state index contributed by atoms with van der Waals surface area (Å²) in [5.74, 6) is -2.60. The molecule has 2 saturated carbocycles. The van der Waals surface area contributed by atoms with Crippen molar-refractivity contribution in [3.05, 3.63) is 0 Å². The summed E-state index contributed by atoms with van der Waals surface area (Å²) in [6.07, 6.45) is -12.7. The number of halogens is 6. The normalized spacial score (nSPS) is 31.3. The Hall–Kier alpha value is -0.773. The van der Waals surface area contributed by atoms with Gasteiger partial charge >= 0.3 is 18.3 Å². The van der Waals surface area contributed by atoms with E-state index < -0.39 is 49.7 Å². The monoisotopic (exact) mass is 448 g/mol. The van der Waals surface area contributed by atoms with E-state index in [2.05, 4.69) is 4.74 Å². The van der Waals surface area contributed by atoms with Crippen LogP contribution < -0.4 is 0 Å². The third kappa shape index (κ3) is 4.33. The molecule has 0 unspecified atom stereocenters. The molecule has 0 aromatic heterocycles. The standard InChI is InChI=1S/C19H30F6O3Si/c1-15(2,3)29(5,6)28-17-10-8-7-9-16(17,4)11-12(17)13(26)27-14(18(20,21)22)19(23,24)25/h12,14H,7-11H2,1-6H3/t12-,16+,17+/m1/s1. The molecule has 0 N–H and O–H groups in total. The molecule has 0 aromatic rings. The minimum atomic E-state index is -5.72. The fourth-order valence-corrected chi connectivity index (χ4v) is 6.12. The quantitative estimate of drug-likeness (QED) is 0.284. The highest BCUT2D eigenvalue weighted by molar-refractivity contribution is 6.74. The number of fused-ring (bicyclic) bond motifs is 1. The van der Waals surface area contributed by atoms with Crippen LogP contribution in [0.4, 0.5) is 26.3 Å². The number of rotatable bonds is 4. The molecule has 0 aromatic carbocycles. The first-order valence-electron chi connectivity index (χ1n) is 9.81. The zero-order chi connectivity index (χ0) is 22.7. The second-order valence-corrected chi connectivity index (χ2v) is 14.9. The molecule has 2 aliphatic rings. The van der Waals surface area contributed by atoms with Gasteiger partial charge in [0.15, 0.2) is 8.32 Å². The number of carbonyl (C=O) groups is 1. The van der Waals surface area contributed by atoms with Gasteiger partial charge in [0.2, 0.25) is 0 Å². The molecule has 0 aliphatic heterocycles. The average molecular weight is 449 g/mol. The van der Waals surface area contributed by atoms with E-state index in [1.54, 1.807) is 0 Å². The zero-order valence-corrected chi connectivity index (χ0v) is 18.7. The Bertz CT molecular complexity index is 625. The molecule has 3 nitrogen and oxygen atoms in total. The van der Waals surface area contributed by atoms with Crippen LogP contribution in [0.1, 0.15) is 59.8 Å². The van der Waals surface area contributed by atoms with E-state index >= 15 is 0 Å². The Morgan fingerprint density at radius 1 is 1.00 bits per heavy atom. The second-order valence-electron chi connectivity index (χ2n) is 10.2. The molecule has 2 fully saturated rings. The van der Waals surface area contributed by atoms with Crippen LogP contribution in [-0.2, 0) is 14.0 Å². The minimum absolute atomic E-state index is 0.170. The highest BCUT2D eigenvalue weighted by Gasteiger charge is 2.70. The number of carbonyl (C=O) groups excluding carboxylic acids is 1. The minimum Gasteiger partial charge on any atom is -0.442 e. The van der Waals surface area contributed by atoms with E-state index in [0.717, 1.165) is 6.42 Å². The summed E-state index contributed by atoms with van der Waals surface area (Å²) in [5, 5.41) is -0.232. The highest BCUT2D eigenvalue weighted by atomic mass is 28.4. The number of hydrogen-bond acceptors (Lipinski definition) is 3. The summed E-state index contributed by atoms with van der Waals surface area (Å²) in [5.41, 5.74) is -1.54. The molecule has 0 amide bonds. The first kappa shape index (κ1) is 24.5. The van der Waals surface area contributed by atoms with Gasteiger partial charge in [-0.15, -0.1) is 0 Å². The molecule has 0 bridgehead atoms. The molecule has 10 heteroatoms. The van der Waals surface area contributed by atoms with Crippen LogP contribution in [-0.4, -0.2) is 38.3 Å². The van der Waals surface area contributed by atoms with Crippen molar-refractivity contribution in [3.8, 4) is 0 Å². The lowest BCUT2D eigenvalue weighted by atomic mass is 9.46. The van der Waals surface area contributed by atoms with Gasteiger partial charge in [0.25, 0.3) is 6.10 Å². The summed E-state index contributed by atoms with van der Waals surface area (Å²) in [7, 11) is -2.46. The van der Waals surface area contributed by atoms with Crippen molar-refractivity contribution in [3.63, 3.8) is 0 Å². The van der Waals surface area contributed by atoms with E-state index in [0.29, 0.717) is 19.3 Å². The first-order chi connectivity index (χ1) is 12.8. The molecular formula is C19H30F6O3Si. The lowest BCUT2D eigenvalue weighted by Crippen LogP contribution is -2.71. The summed E-state index contributed by atoms with van der Waals surface area (Å²) < 4.78 is 87.9. The molecule has 2 rings (SSSR count). The molecule has 2 aliphatic carbocycles. The fraction of sp³-hybridized carbons (Fsp3) is 0.947. The Morgan fingerprint density at radius 2 is 1.48 bits per heavy atom. The van der Waals surface area contributed by atoms with Crippen LogP contribution in [0.5, 0.6) is 0 Å². The summed E-state index contributed by atoms with van der Waals surface area (Å²) >= 11 is 0. The summed E-state index contributed by atoms with van der Waals surface area (Å²) in [6.45, 7) is 11.8. The largest absolute Gasteiger partial charge is 0.442 e. The number of hydrogen-bond donors (Lipinski definition) is 0. The number of alkyl halides is 6. The average Bonchev–Trinajstić information content (AvgIpc) is 2.48. The molecule has 0 heterocycles. The summed E-state index contributed by atoms with van der Waals surface area (Å²) in [4.78, 5) is 12.6. The molecule has 0 spiro atoms. The van der Waals surface area contributed by atoms with Crippen LogP contribution in [0.3, 0.4) is 0 Å². The van der Waals surface area contributed by atoms with Crippen molar-refractivity contribution in [1.29, 1.82) is 0 Å². The fourth-order valence-electron chi connectivity index (χ4n) is 4.42. The Kier molecular flexibility index (Phi) is 6.03. The maximum Gasteiger partial charge on any atom is 0.434 e. The van der Waals surface area contributed by atoms with Gasteiger partial charge < -0.3 is 9.16 Å². The molecule has 3 atom stereocenters. The van der Waals surface area contributed by atoms with E-state index in [9.17, 15) is 31.1 Å². The lowest BCUT2D eigenvalue weighted by molar-refractivity contribution is -0.320. The van der Waals surface area contributed by atoms with Gasteiger partial charge in [0.1, 0.15) is 0 Å². The molecular weight excluding hydrogens is 418 g/mol. The third-order valence-corrected chi connectivity index (χ3v) is 11.6. The van der Waals surface area contributed by atoms with Crippen LogP contribution in [0.2, 0.25) is 18.1 Å². The molecule has 0 saturated heterocycles. The van der Waals surface area contributed by atoms with Crippen LogP contribution >= 0.6 is 0 Å². The van der Waals surface area contributed by atoms with E-state index in [1.807, 2.05) is 40.8 Å². The highest BCUT2D eigenvalue weighted by Crippen LogP contribution is 2.65. The van der Waals surface area contributed by atoms with Crippen LogP contribution in [0.15, 0.2) is 0 Å². The van der Waals surface area contributed by atoms with Gasteiger partial charge in [-0.05, 0) is 42.8 Å². The predicted molar refractivity (Wildman–Crippen MR) is 97.7 cm³/mol. The van der Waals surface area contributed by atoms with Crippen molar-refractivity contribution in [2.75, 3.05) is 0 Å². The second kappa shape index (κ2) is 7.14. The smallest absolute Gasteiger partial charge is 0.434 e. The van der Waals surface area contributed by atoms with Gasteiger partial charge in [-0.1, -0.05) is 40.5 Å². The van der Waals surface area contributed by atoms with Crippen molar-refractivity contribution in [1.82, 2.24) is 0 Å². The number of esters is 1. The molecule has 0 radical (unpaired) electrons. The van der Waals surface area contributed by atoms with E-state index in [1.165, 1.54) is 0 Å². The SMILES string of the molecule is CC(C)(C)[Si](C)(C)O[C@]12CCCC[C@@]1(C)C[C@@H]2C(=O)OC(C(F)(F)F)C(F)(F)F. The first-order valence-corrected chi connectivity index (χ1v) is 12.7. The van der Waals surface area contributed by atoms with Gasteiger partial charge in [-0.2, -0.15) is 26.3 Å². The van der Waals surface area contributed by atoms with Crippen molar-refractivity contribution < 1.29 is 40.3 Å². The Balaban J connectivity index is 2.35. The van der Waals surface area contributed by atoms with E-state index in [4.69, 9.17) is 4.43 Å². The van der Waals surface area contributed by atoms with Crippen molar-refractivity contribution in [2.45, 2.75) is 102 Å². The van der Waals surface area contributed by atoms with Crippen molar-refractivity contribution in [2.24, 2.45) is 11.3 Å². The van der Waals surface area contributed by atoms with Gasteiger partial charge in [0, 0.05) is 0 Å². The maximum absolute atomic E-state index is 12.9. The predicted octanol–water partition coefficient (Wildman–Crippen LogP) is 6.38. The van der Waals surface area contributed by atoms with Crippen LogP contribution in [0, 0.1) is 11.3 Å². The Morgan fingerprint density at radius 3 is 1.90 bits per heavy atom. The van der Waals surface area contributed by atoms with Crippen LogP contribution in [0.25, 0.3) is 0 Å². The van der Waals surface area contributed by atoms with Crippen molar-refractivity contribution >= 4 is 14.3 Å². The van der Waals surface area contributed by atoms with Gasteiger partial charge in [-0.25, -0.2) is 0 Å².